The Bertz CT molecular complexity index is 819. The summed E-state index contributed by atoms with van der Waals surface area (Å²) >= 11 is 7.68. The van der Waals surface area contributed by atoms with Crippen LogP contribution in [0.25, 0.3) is 10.1 Å². The summed E-state index contributed by atoms with van der Waals surface area (Å²) in [5.74, 6) is 0. The van der Waals surface area contributed by atoms with E-state index in [9.17, 15) is 8.42 Å². The molecular formula is C15H17ClN2O2S2. The summed E-state index contributed by atoms with van der Waals surface area (Å²) in [7, 11) is -1.46. The van der Waals surface area contributed by atoms with Gasteiger partial charge in [0.2, 0.25) is 0 Å². The maximum atomic E-state index is 13.2. The van der Waals surface area contributed by atoms with E-state index in [1.165, 1.54) is 11.3 Å². The van der Waals surface area contributed by atoms with E-state index in [1.54, 1.807) is 4.31 Å². The second-order valence-electron chi connectivity index (χ2n) is 6.14. The third-order valence-electron chi connectivity index (χ3n) is 4.61. The molecule has 2 saturated heterocycles. The number of halogens is 1. The lowest BCUT2D eigenvalue weighted by Gasteiger charge is -2.38. The minimum Gasteiger partial charge on any atom is -0.303 e. The van der Waals surface area contributed by atoms with Crippen LogP contribution in [0, 0.1) is 0 Å². The fraction of sp³-hybridized carbons (Fsp3) is 0.467. The van der Waals surface area contributed by atoms with E-state index in [0.717, 1.165) is 36.0 Å². The Morgan fingerprint density at radius 2 is 1.82 bits per heavy atom. The highest BCUT2D eigenvalue weighted by atomic mass is 35.5. The van der Waals surface area contributed by atoms with Gasteiger partial charge in [0.05, 0.1) is 5.02 Å². The van der Waals surface area contributed by atoms with Gasteiger partial charge in [-0.2, -0.15) is 4.31 Å². The number of benzene rings is 1. The molecule has 2 atom stereocenters. The predicted octanol–water partition coefficient (Wildman–Crippen LogP) is 3.02. The number of nitrogens with zero attached hydrogens (tertiary/aromatic N) is 2. The van der Waals surface area contributed by atoms with Crippen molar-refractivity contribution in [2.75, 3.05) is 20.1 Å². The van der Waals surface area contributed by atoms with Crippen LogP contribution in [0.1, 0.15) is 12.8 Å². The summed E-state index contributed by atoms with van der Waals surface area (Å²) < 4.78 is 29.3. The quantitative estimate of drug-likeness (QED) is 0.830. The number of piperazine rings is 1. The summed E-state index contributed by atoms with van der Waals surface area (Å²) in [6.45, 7) is 1.61. The van der Waals surface area contributed by atoms with Gasteiger partial charge in [-0.3, -0.25) is 0 Å². The Labute approximate surface area is 139 Å². The number of hydrogen-bond acceptors (Lipinski definition) is 4. The Morgan fingerprint density at radius 3 is 2.45 bits per heavy atom. The monoisotopic (exact) mass is 356 g/mol. The highest BCUT2D eigenvalue weighted by Gasteiger charge is 2.47. The number of likely N-dealkylation sites (N-methyl/N-ethyl adjacent to an activating group) is 1. The van der Waals surface area contributed by atoms with Crippen LogP contribution in [0.3, 0.4) is 0 Å². The molecule has 2 aliphatic heterocycles. The van der Waals surface area contributed by atoms with Crippen molar-refractivity contribution in [3.8, 4) is 0 Å². The molecule has 1 aromatic carbocycles. The van der Waals surface area contributed by atoms with Gasteiger partial charge in [0.15, 0.2) is 4.21 Å². The molecule has 0 spiro atoms. The van der Waals surface area contributed by atoms with Gasteiger partial charge in [0.25, 0.3) is 10.0 Å². The van der Waals surface area contributed by atoms with Crippen molar-refractivity contribution in [1.29, 1.82) is 0 Å². The predicted molar refractivity (Wildman–Crippen MR) is 90.2 cm³/mol. The van der Waals surface area contributed by atoms with Crippen LogP contribution in [-0.4, -0.2) is 49.8 Å². The lowest BCUT2D eigenvalue weighted by atomic mass is 10.2. The number of rotatable bonds is 2. The largest absolute Gasteiger partial charge is 0.303 e. The van der Waals surface area contributed by atoms with Crippen LogP contribution in [0.4, 0.5) is 0 Å². The topological polar surface area (TPSA) is 40.6 Å². The van der Waals surface area contributed by atoms with Gasteiger partial charge in [-0.15, -0.1) is 11.3 Å². The molecule has 2 aromatic rings. The zero-order valence-electron chi connectivity index (χ0n) is 12.2. The molecule has 118 valence electrons. The molecule has 2 fully saturated rings. The van der Waals surface area contributed by atoms with E-state index in [2.05, 4.69) is 11.9 Å². The van der Waals surface area contributed by atoms with Crippen molar-refractivity contribution in [3.63, 3.8) is 0 Å². The Morgan fingerprint density at radius 1 is 1.18 bits per heavy atom. The van der Waals surface area contributed by atoms with Crippen LogP contribution >= 0.6 is 22.9 Å². The SMILES string of the molecule is CN1CC2CCC(C1)N2S(=O)(=O)c1sc2ccccc2c1Cl. The molecule has 2 aliphatic rings. The van der Waals surface area contributed by atoms with Crippen LogP contribution < -0.4 is 0 Å². The van der Waals surface area contributed by atoms with Gasteiger partial charge in [-0.1, -0.05) is 29.8 Å². The minimum absolute atomic E-state index is 0.0787. The normalized spacial score (nSPS) is 26.8. The van der Waals surface area contributed by atoms with Gasteiger partial charge in [0.1, 0.15) is 0 Å². The second kappa shape index (κ2) is 5.18. The van der Waals surface area contributed by atoms with Crippen molar-refractivity contribution in [3.05, 3.63) is 29.3 Å². The fourth-order valence-corrected chi connectivity index (χ4v) is 7.78. The van der Waals surface area contributed by atoms with Crippen molar-refractivity contribution >= 4 is 43.0 Å². The van der Waals surface area contributed by atoms with E-state index in [4.69, 9.17) is 11.6 Å². The van der Waals surface area contributed by atoms with Gasteiger partial charge in [-0.25, -0.2) is 8.42 Å². The molecule has 0 amide bonds. The maximum absolute atomic E-state index is 13.2. The first kappa shape index (κ1) is 14.9. The van der Waals surface area contributed by atoms with E-state index in [0.29, 0.717) is 9.23 Å². The van der Waals surface area contributed by atoms with Gasteiger partial charge in [-0.05, 0) is 26.0 Å². The molecular weight excluding hydrogens is 340 g/mol. The van der Waals surface area contributed by atoms with Gasteiger partial charge in [0, 0.05) is 35.3 Å². The Balaban J connectivity index is 1.82. The van der Waals surface area contributed by atoms with Crippen molar-refractivity contribution in [2.45, 2.75) is 29.1 Å². The van der Waals surface area contributed by atoms with E-state index >= 15 is 0 Å². The summed E-state index contributed by atoms with van der Waals surface area (Å²) in [4.78, 5) is 2.22. The molecule has 2 bridgehead atoms. The lowest BCUT2D eigenvalue weighted by Crippen LogP contribution is -2.54. The third kappa shape index (κ3) is 2.12. The van der Waals surface area contributed by atoms with Crippen LogP contribution in [0.15, 0.2) is 28.5 Å². The van der Waals surface area contributed by atoms with Crippen molar-refractivity contribution < 1.29 is 8.42 Å². The number of sulfonamides is 1. The first-order chi connectivity index (χ1) is 10.5. The molecule has 7 heteroatoms. The molecule has 0 aliphatic carbocycles. The number of fused-ring (bicyclic) bond motifs is 3. The summed E-state index contributed by atoms with van der Waals surface area (Å²) in [6, 6.07) is 7.75. The summed E-state index contributed by atoms with van der Waals surface area (Å²) in [6.07, 6.45) is 1.88. The summed E-state index contributed by atoms with van der Waals surface area (Å²) in [5.41, 5.74) is 0. The smallest absolute Gasteiger partial charge is 0.254 e. The average molecular weight is 357 g/mol. The van der Waals surface area contributed by atoms with Gasteiger partial charge >= 0.3 is 0 Å². The molecule has 0 saturated carbocycles. The molecule has 0 N–H and O–H groups in total. The second-order valence-corrected chi connectivity index (χ2v) is 9.61. The lowest BCUT2D eigenvalue weighted by molar-refractivity contribution is 0.154. The van der Waals surface area contributed by atoms with E-state index in [1.807, 2.05) is 24.3 Å². The molecule has 3 heterocycles. The molecule has 1 aromatic heterocycles. The van der Waals surface area contributed by atoms with Gasteiger partial charge < -0.3 is 4.90 Å². The molecule has 4 rings (SSSR count). The Hall–Kier alpha value is -0.660. The number of likely N-dealkylation sites (tertiary alicyclic amines) is 1. The fourth-order valence-electron chi connectivity index (χ4n) is 3.72. The van der Waals surface area contributed by atoms with Crippen molar-refractivity contribution in [2.24, 2.45) is 0 Å². The Kier molecular flexibility index (Phi) is 3.51. The summed E-state index contributed by atoms with van der Waals surface area (Å²) in [5, 5.41) is 1.20. The zero-order valence-corrected chi connectivity index (χ0v) is 14.6. The zero-order chi connectivity index (χ0) is 15.5. The molecule has 0 radical (unpaired) electrons. The van der Waals surface area contributed by atoms with Crippen LogP contribution in [0.2, 0.25) is 5.02 Å². The highest BCUT2D eigenvalue weighted by molar-refractivity contribution is 7.91. The number of hydrogen-bond donors (Lipinski definition) is 0. The number of thiophene rings is 1. The molecule has 4 nitrogen and oxygen atoms in total. The molecule has 2 unspecified atom stereocenters. The molecule has 22 heavy (non-hydrogen) atoms. The van der Waals surface area contributed by atoms with Crippen molar-refractivity contribution in [1.82, 2.24) is 9.21 Å². The standard InChI is InChI=1S/C15H17ClN2O2S2/c1-17-8-10-6-7-11(9-17)18(10)22(19,20)15-14(16)12-4-2-3-5-13(12)21-15/h2-5,10-11H,6-9H2,1H3. The highest BCUT2D eigenvalue weighted by Crippen LogP contribution is 2.43. The first-order valence-electron chi connectivity index (χ1n) is 7.37. The average Bonchev–Trinajstić information content (AvgIpc) is 2.97. The first-order valence-corrected chi connectivity index (χ1v) is 10.0. The maximum Gasteiger partial charge on any atom is 0.254 e. The van der Waals surface area contributed by atoms with Crippen LogP contribution in [0.5, 0.6) is 0 Å². The van der Waals surface area contributed by atoms with E-state index < -0.39 is 10.0 Å². The van der Waals surface area contributed by atoms with Crippen LogP contribution in [-0.2, 0) is 10.0 Å². The van der Waals surface area contributed by atoms with E-state index in [-0.39, 0.29) is 12.1 Å². The minimum atomic E-state index is -3.52. The third-order valence-corrected chi connectivity index (χ3v) is 8.90.